The second-order valence-electron chi connectivity index (χ2n) is 4.12. The molecule has 0 amide bonds. The molecule has 0 aliphatic rings. The average Bonchev–Trinajstić information content (AvgIpc) is 2.03. The zero-order valence-corrected chi connectivity index (χ0v) is 8.84. The number of rotatable bonds is 6. The van der Waals surface area contributed by atoms with Gasteiger partial charge in [0.05, 0.1) is 12.7 Å². The van der Waals surface area contributed by atoms with Gasteiger partial charge in [0.2, 0.25) is 0 Å². The van der Waals surface area contributed by atoms with Crippen LogP contribution in [0.1, 0.15) is 33.6 Å². The maximum Gasteiger partial charge on any atom is 0.124 e. The van der Waals surface area contributed by atoms with E-state index < -0.39 is 5.54 Å². The Morgan fingerprint density at radius 2 is 2.15 bits per heavy atom. The molecule has 0 aromatic rings. The van der Waals surface area contributed by atoms with Crippen LogP contribution in [-0.4, -0.2) is 18.8 Å². The summed E-state index contributed by atoms with van der Waals surface area (Å²) in [5.41, 5.74) is 4.74. The maximum atomic E-state index is 8.58. The highest BCUT2D eigenvalue weighted by Crippen LogP contribution is 2.04. The van der Waals surface area contributed by atoms with E-state index in [4.69, 9.17) is 15.7 Å². The average molecular weight is 184 g/mol. The Hall–Kier alpha value is -0.590. The molecule has 0 saturated carbocycles. The highest BCUT2D eigenvalue weighted by molar-refractivity contribution is 5.00. The van der Waals surface area contributed by atoms with Crippen molar-refractivity contribution in [2.24, 2.45) is 11.7 Å². The molecule has 3 nitrogen and oxygen atoms in total. The van der Waals surface area contributed by atoms with Gasteiger partial charge in [-0.15, -0.1) is 0 Å². The van der Waals surface area contributed by atoms with E-state index in [1.165, 1.54) is 0 Å². The van der Waals surface area contributed by atoms with Gasteiger partial charge in [-0.1, -0.05) is 13.8 Å². The fraction of sp³-hybridized carbons (Fsp3) is 0.900. The first-order valence-electron chi connectivity index (χ1n) is 4.76. The molecule has 2 N–H and O–H groups in total. The molecule has 0 saturated heterocycles. The molecule has 0 rings (SSSR count). The fourth-order valence-electron chi connectivity index (χ4n) is 0.910. The predicted molar refractivity (Wildman–Crippen MR) is 53.1 cm³/mol. The van der Waals surface area contributed by atoms with Crippen molar-refractivity contribution in [2.45, 2.75) is 39.2 Å². The first-order valence-corrected chi connectivity index (χ1v) is 4.76. The van der Waals surface area contributed by atoms with Gasteiger partial charge in [0.15, 0.2) is 0 Å². The summed E-state index contributed by atoms with van der Waals surface area (Å²) in [6, 6.07) is 1.99. The second kappa shape index (κ2) is 5.95. The van der Waals surface area contributed by atoms with Crippen LogP contribution in [0, 0.1) is 17.2 Å². The monoisotopic (exact) mass is 184 g/mol. The molecule has 0 aromatic heterocycles. The molecule has 0 bridgehead atoms. The maximum absolute atomic E-state index is 8.58. The van der Waals surface area contributed by atoms with Crippen LogP contribution in [0.5, 0.6) is 0 Å². The summed E-state index contributed by atoms with van der Waals surface area (Å²) in [7, 11) is 0. The Bertz CT molecular complexity index is 170. The minimum absolute atomic E-state index is 0.321. The van der Waals surface area contributed by atoms with Crippen molar-refractivity contribution in [1.82, 2.24) is 0 Å². The molecule has 1 unspecified atom stereocenters. The Labute approximate surface area is 80.9 Å². The SMILES string of the molecule is CC(C)CCCOCC(C)(N)C#N. The van der Waals surface area contributed by atoms with E-state index in [9.17, 15) is 0 Å². The zero-order valence-electron chi connectivity index (χ0n) is 8.84. The van der Waals surface area contributed by atoms with Crippen molar-refractivity contribution < 1.29 is 4.74 Å². The van der Waals surface area contributed by atoms with Gasteiger partial charge in [0.25, 0.3) is 0 Å². The van der Waals surface area contributed by atoms with Crippen LogP contribution in [0.3, 0.4) is 0 Å². The van der Waals surface area contributed by atoms with Gasteiger partial charge >= 0.3 is 0 Å². The Balaban J connectivity index is 3.32. The van der Waals surface area contributed by atoms with Crippen molar-refractivity contribution in [2.75, 3.05) is 13.2 Å². The van der Waals surface area contributed by atoms with Crippen LogP contribution in [0.25, 0.3) is 0 Å². The van der Waals surface area contributed by atoms with E-state index in [0.717, 1.165) is 12.8 Å². The van der Waals surface area contributed by atoms with Gasteiger partial charge in [0, 0.05) is 6.61 Å². The summed E-state index contributed by atoms with van der Waals surface area (Å²) in [4.78, 5) is 0. The van der Waals surface area contributed by atoms with Crippen LogP contribution in [-0.2, 0) is 4.74 Å². The smallest absolute Gasteiger partial charge is 0.124 e. The lowest BCUT2D eigenvalue weighted by atomic mass is 10.1. The molecule has 3 heteroatoms. The number of nitriles is 1. The van der Waals surface area contributed by atoms with Crippen molar-refractivity contribution in [3.63, 3.8) is 0 Å². The molecule has 13 heavy (non-hydrogen) atoms. The van der Waals surface area contributed by atoms with Crippen molar-refractivity contribution in [3.05, 3.63) is 0 Å². The number of hydrogen-bond acceptors (Lipinski definition) is 3. The van der Waals surface area contributed by atoms with Crippen LogP contribution < -0.4 is 5.73 Å². The molecular formula is C10H20N2O. The number of nitrogens with two attached hydrogens (primary N) is 1. The number of hydrogen-bond donors (Lipinski definition) is 1. The highest BCUT2D eigenvalue weighted by Gasteiger charge is 2.16. The van der Waals surface area contributed by atoms with Gasteiger partial charge in [0.1, 0.15) is 5.54 Å². The lowest BCUT2D eigenvalue weighted by Gasteiger charge is -2.15. The van der Waals surface area contributed by atoms with E-state index in [1.807, 2.05) is 6.07 Å². The normalized spacial score (nSPS) is 15.4. The van der Waals surface area contributed by atoms with Crippen molar-refractivity contribution >= 4 is 0 Å². The molecule has 0 fully saturated rings. The first-order chi connectivity index (χ1) is 5.98. The van der Waals surface area contributed by atoms with Gasteiger partial charge in [-0.25, -0.2) is 0 Å². The van der Waals surface area contributed by atoms with E-state index >= 15 is 0 Å². The van der Waals surface area contributed by atoms with Gasteiger partial charge in [-0.2, -0.15) is 5.26 Å². The summed E-state index contributed by atoms with van der Waals surface area (Å²) in [5.74, 6) is 0.712. The van der Waals surface area contributed by atoms with E-state index in [0.29, 0.717) is 19.1 Å². The van der Waals surface area contributed by atoms with Crippen molar-refractivity contribution in [3.8, 4) is 6.07 Å². The lowest BCUT2D eigenvalue weighted by Crippen LogP contribution is -2.39. The first kappa shape index (κ1) is 12.4. The third-order valence-corrected chi connectivity index (χ3v) is 1.73. The molecular weight excluding hydrogens is 164 g/mol. The second-order valence-corrected chi connectivity index (χ2v) is 4.12. The minimum Gasteiger partial charge on any atom is -0.378 e. The molecule has 0 aliphatic heterocycles. The predicted octanol–water partition coefficient (Wildman–Crippen LogP) is 1.68. The Morgan fingerprint density at radius 3 is 2.62 bits per heavy atom. The third kappa shape index (κ3) is 7.76. The lowest BCUT2D eigenvalue weighted by molar-refractivity contribution is 0.103. The molecule has 0 radical (unpaired) electrons. The van der Waals surface area contributed by atoms with Crippen LogP contribution in [0.4, 0.5) is 0 Å². The Morgan fingerprint density at radius 1 is 1.54 bits per heavy atom. The molecule has 0 heterocycles. The van der Waals surface area contributed by atoms with Gasteiger partial charge in [-0.05, 0) is 25.7 Å². The number of ether oxygens (including phenoxy) is 1. The zero-order chi connectivity index (χ0) is 10.3. The summed E-state index contributed by atoms with van der Waals surface area (Å²) < 4.78 is 5.29. The quantitative estimate of drug-likeness (QED) is 0.639. The molecule has 0 aliphatic carbocycles. The van der Waals surface area contributed by atoms with Crippen LogP contribution in [0.2, 0.25) is 0 Å². The summed E-state index contributed by atoms with van der Waals surface area (Å²) >= 11 is 0. The van der Waals surface area contributed by atoms with Crippen LogP contribution >= 0.6 is 0 Å². The number of nitrogens with zero attached hydrogens (tertiary/aromatic N) is 1. The van der Waals surface area contributed by atoms with E-state index in [-0.39, 0.29) is 0 Å². The largest absolute Gasteiger partial charge is 0.378 e. The standard InChI is InChI=1S/C10H20N2O/c1-9(2)5-4-6-13-8-10(3,12)7-11/h9H,4-6,8,12H2,1-3H3. The van der Waals surface area contributed by atoms with Crippen molar-refractivity contribution in [1.29, 1.82) is 5.26 Å². The summed E-state index contributed by atoms with van der Waals surface area (Å²) in [5, 5.41) is 8.58. The Kier molecular flexibility index (Phi) is 5.68. The third-order valence-electron chi connectivity index (χ3n) is 1.73. The minimum atomic E-state index is -0.835. The van der Waals surface area contributed by atoms with Gasteiger partial charge in [-0.3, -0.25) is 0 Å². The summed E-state index contributed by atoms with van der Waals surface area (Å²) in [6.45, 7) is 7.06. The fourth-order valence-corrected chi connectivity index (χ4v) is 0.910. The van der Waals surface area contributed by atoms with E-state index in [2.05, 4.69) is 13.8 Å². The molecule has 76 valence electrons. The molecule has 0 aromatic carbocycles. The highest BCUT2D eigenvalue weighted by atomic mass is 16.5. The van der Waals surface area contributed by atoms with Crippen LogP contribution in [0.15, 0.2) is 0 Å². The summed E-state index contributed by atoms with van der Waals surface area (Å²) in [6.07, 6.45) is 2.20. The molecule has 1 atom stereocenters. The van der Waals surface area contributed by atoms with Gasteiger partial charge < -0.3 is 10.5 Å². The topological polar surface area (TPSA) is 59.0 Å². The van der Waals surface area contributed by atoms with E-state index in [1.54, 1.807) is 6.92 Å². The molecule has 0 spiro atoms.